The molecule has 0 bridgehead atoms. The summed E-state index contributed by atoms with van der Waals surface area (Å²) in [7, 11) is -0.892. The third kappa shape index (κ3) is 9.00. The van der Waals surface area contributed by atoms with E-state index in [0.717, 1.165) is 6.42 Å². The van der Waals surface area contributed by atoms with E-state index in [9.17, 15) is 35.9 Å². The second-order valence-corrected chi connectivity index (χ2v) is 15.1. The van der Waals surface area contributed by atoms with E-state index < -0.39 is 72.0 Å². The first-order valence-electron chi connectivity index (χ1n) is 15.7. The molecule has 48 heavy (non-hydrogen) atoms. The SMILES string of the molecule is CC(C)C[C@H](NC(=O)[C@H](Cc1cc(C(F)(F)F)cc(C(F)(F)F)c1)NC(=O)c1cc(Cl)ccc1Cl)B1O[C@@H]2C[C@H](C)C(C)(C)C[C@]2(C)O1. The van der Waals surface area contributed by atoms with Gasteiger partial charge < -0.3 is 19.9 Å². The minimum atomic E-state index is -5.11. The quantitative estimate of drug-likeness (QED) is 0.201. The maximum Gasteiger partial charge on any atom is 0.481 e. The number of carbonyl (C=O) groups is 2. The highest BCUT2D eigenvalue weighted by molar-refractivity contribution is 6.48. The molecule has 5 atom stereocenters. The maximum atomic E-state index is 14.0. The third-order valence-corrected chi connectivity index (χ3v) is 9.90. The molecule has 2 amide bonds. The van der Waals surface area contributed by atoms with Crippen LogP contribution in [0.25, 0.3) is 0 Å². The molecule has 2 aliphatic rings. The Bertz CT molecular complexity index is 1490. The molecule has 2 aromatic rings. The molecule has 2 aromatic carbocycles. The smallest absolute Gasteiger partial charge is 0.404 e. The van der Waals surface area contributed by atoms with E-state index in [-0.39, 0.29) is 39.1 Å². The van der Waals surface area contributed by atoms with Crippen molar-refractivity contribution in [1.29, 1.82) is 0 Å². The lowest BCUT2D eigenvalue weighted by Gasteiger charge is -2.47. The fourth-order valence-corrected chi connectivity index (χ4v) is 6.93. The van der Waals surface area contributed by atoms with Crippen molar-refractivity contribution < 1.29 is 45.2 Å². The van der Waals surface area contributed by atoms with Gasteiger partial charge in [0.25, 0.3) is 5.91 Å². The average molecular weight is 723 g/mol. The predicted molar refractivity (Wildman–Crippen MR) is 172 cm³/mol. The number of rotatable bonds is 9. The van der Waals surface area contributed by atoms with Crippen molar-refractivity contribution in [2.75, 3.05) is 0 Å². The molecule has 1 saturated heterocycles. The molecule has 0 aromatic heterocycles. The van der Waals surface area contributed by atoms with Crippen LogP contribution in [0.4, 0.5) is 26.3 Å². The molecule has 2 N–H and O–H groups in total. The number of hydrogen-bond donors (Lipinski definition) is 2. The van der Waals surface area contributed by atoms with Crippen LogP contribution in [0.5, 0.6) is 0 Å². The van der Waals surface area contributed by atoms with E-state index in [1.807, 2.05) is 20.8 Å². The molecule has 0 radical (unpaired) electrons. The second kappa shape index (κ2) is 14.0. The fraction of sp³-hybridized carbons (Fsp3) is 0.576. The van der Waals surface area contributed by atoms with Gasteiger partial charge in [-0.2, -0.15) is 26.3 Å². The van der Waals surface area contributed by atoms with Crippen molar-refractivity contribution >= 4 is 42.1 Å². The zero-order chi connectivity index (χ0) is 36.0. The van der Waals surface area contributed by atoms with E-state index >= 15 is 0 Å². The van der Waals surface area contributed by atoms with Gasteiger partial charge >= 0.3 is 19.5 Å². The van der Waals surface area contributed by atoms with Crippen LogP contribution in [0.15, 0.2) is 36.4 Å². The average Bonchev–Trinajstić information content (AvgIpc) is 3.27. The topological polar surface area (TPSA) is 76.7 Å². The van der Waals surface area contributed by atoms with Gasteiger partial charge in [0.15, 0.2) is 0 Å². The number of alkyl halides is 6. The van der Waals surface area contributed by atoms with Gasteiger partial charge in [-0.15, -0.1) is 0 Å². The van der Waals surface area contributed by atoms with E-state index in [1.54, 1.807) is 0 Å². The first-order chi connectivity index (χ1) is 22.0. The summed E-state index contributed by atoms with van der Waals surface area (Å²) < 4.78 is 94.9. The number of amides is 2. The molecular weight excluding hydrogens is 684 g/mol. The normalized spacial score (nSPS) is 23.9. The van der Waals surface area contributed by atoms with Crippen LogP contribution < -0.4 is 10.6 Å². The highest BCUT2D eigenvalue weighted by atomic mass is 35.5. The first kappa shape index (κ1) is 38.3. The number of carbonyl (C=O) groups excluding carboxylic acids is 2. The van der Waals surface area contributed by atoms with Crippen LogP contribution in [0.3, 0.4) is 0 Å². The summed E-state index contributed by atoms with van der Waals surface area (Å²) in [5.41, 5.74) is -4.40. The molecule has 15 heteroatoms. The highest BCUT2D eigenvalue weighted by Gasteiger charge is 2.57. The van der Waals surface area contributed by atoms with Crippen molar-refractivity contribution in [3.8, 4) is 0 Å². The molecule has 4 rings (SSSR count). The summed E-state index contributed by atoms with van der Waals surface area (Å²) >= 11 is 12.2. The largest absolute Gasteiger partial charge is 0.481 e. The summed E-state index contributed by atoms with van der Waals surface area (Å²) in [4.78, 5) is 27.3. The van der Waals surface area contributed by atoms with E-state index in [2.05, 4.69) is 31.4 Å². The number of halogens is 8. The van der Waals surface area contributed by atoms with Gasteiger partial charge in [0.1, 0.15) is 6.04 Å². The molecule has 1 saturated carbocycles. The van der Waals surface area contributed by atoms with Gasteiger partial charge in [0.05, 0.1) is 39.4 Å². The molecule has 2 fully saturated rings. The van der Waals surface area contributed by atoms with Gasteiger partial charge in [-0.1, -0.05) is 57.8 Å². The molecule has 1 heterocycles. The summed E-state index contributed by atoms with van der Waals surface area (Å²) in [5, 5.41) is 5.39. The van der Waals surface area contributed by atoms with Crippen LogP contribution in [-0.2, 0) is 32.9 Å². The Hall–Kier alpha value is -2.48. The van der Waals surface area contributed by atoms with Gasteiger partial charge in [-0.25, -0.2) is 0 Å². The number of hydrogen-bond acceptors (Lipinski definition) is 4. The Morgan fingerprint density at radius 1 is 0.979 bits per heavy atom. The lowest BCUT2D eigenvalue weighted by Crippen LogP contribution is -2.55. The monoisotopic (exact) mass is 722 g/mol. The molecule has 1 aliphatic heterocycles. The van der Waals surface area contributed by atoms with Crippen molar-refractivity contribution in [3.63, 3.8) is 0 Å². The molecule has 0 spiro atoms. The lowest BCUT2D eigenvalue weighted by atomic mass is 9.63. The van der Waals surface area contributed by atoms with Crippen molar-refractivity contribution in [2.45, 2.75) is 103 Å². The Morgan fingerprint density at radius 3 is 2.15 bits per heavy atom. The minimum Gasteiger partial charge on any atom is -0.404 e. The number of benzene rings is 2. The van der Waals surface area contributed by atoms with Gasteiger partial charge in [-0.3, -0.25) is 9.59 Å². The van der Waals surface area contributed by atoms with Crippen LogP contribution in [-0.4, -0.2) is 42.6 Å². The van der Waals surface area contributed by atoms with Gasteiger partial charge in [0.2, 0.25) is 5.91 Å². The number of nitrogens with one attached hydrogen (secondary N) is 2. The number of fused-ring (bicyclic) bond motifs is 1. The third-order valence-electron chi connectivity index (χ3n) is 9.34. The maximum absolute atomic E-state index is 14.0. The van der Waals surface area contributed by atoms with E-state index in [1.165, 1.54) is 18.2 Å². The summed E-state index contributed by atoms with van der Waals surface area (Å²) in [6, 6.07) is 3.40. The van der Waals surface area contributed by atoms with Crippen LogP contribution in [0.2, 0.25) is 10.0 Å². The molecule has 1 aliphatic carbocycles. The molecule has 264 valence electrons. The Kier molecular flexibility index (Phi) is 11.2. The second-order valence-electron chi connectivity index (χ2n) is 14.2. The summed E-state index contributed by atoms with van der Waals surface area (Å²) in [5.74, 6) is -2.19. The van der Waals surface area contributed by atoms with Crippen molar-refractivity contribution in [3.05, 3.63) is 68.7 Å². The van der Waals surface area contributed by atoms with Gasteiger partial charge in [-0.05, 0) is 85.4 Å². The zero-order valence-corrected chi connectivity index (χ0v) is 28.9. The Labute approximate surface area is 286 Å². The van der Waals surface area contributed by atoms with Gasteiger partial charge in [0, 0.05) is 11.4 Å². The fourth-order valence-electron chi connectivity index (χ4n) is 6.55. The van der Waals surface area contributed by atoms with E-state index in [4.69, 9.17) is 32.5 Å². The lowest BCUT2D eigenvalue weighted by molar-refractivity contribution is -0.143. The minimum absolute atomic E-state index is 0.00148. The molecule has 0 unspecified atom stereocenters. The van der Waals surface area contributed by atoms with Crippen LogP contribution in [0.1, 0.15) is 87.9 Å². The molecular formula is C33H39BCl2F6N2O4. The zero-order valence-electron chi connectivity index (χ0n) is 27.4. The summed E-state index contributed by atoms with van der Waals surface area (Å²) in [6.45, 7) is 12.2. The van der Waals surface area contributed by atoms with Crippen LogP contribution in [0, 0.1) is 17.3 Å². The Morgan fingerprint density at radius 2 is 1.58 bits per heavy atom. The van der Waals surface area contributed by atoms with E-state index in [0.29, 0.717) is 30.9 Å². The van der Waals surface area contributed by atoms with Crippen LogP contribution >= 0.6 is 23.2 Å². The standard InChI is InChI=1S/C33H39BCl2F6N2O4/c1-17(2)9-27(34-47-26-10-18(3)30(4,5)16-31(26,6)48-34)44-29(46)25(43-28(45)23-15-22(35)7-8-24(23)36)13-19-11-20(32(37,38)39)14-21(12-19)33(40,41)42/h7-8,11-12,14-15,17-18,25-27H,9-10,13,16H2,1-6H3,(H,43,45)(H,44,46)/t18-,25-,26+,27-,31-/m0/s1. The Balaban J connectivity index is 1.68. The van der Waals surface area contributed by atoms with Crippen molar-refractivity contribution in [1.82, 2.24) is 10.6 Å². The first-order valence-corrected chi connectivity index (χ1v) is 16.4. The summed E-state index contributed by atoms with van der Waals surface area (Å²) in [6.07, 6.45) is -9.41. The van der Waals surface area contributed by atoms with Crippen molar-refractivity contribution in [2.24, 2.45) is 17.3 Å². The highest BCUT2D eigenvalue weighted by Crippen LogP contribution is 2.50. The molecule has 6 nitrogen and oxygen atoms in total. The predicted octanol–water partition coefficient (Wildman–Crippen LogP) is 8.56.